The minimum Gasteiger partial charge on any atom is -0.323 e. The van der Waals surface area contributed by atoms with Crippen molar-refractivity contribution in [3.63, 3.8) is 0 Å². The molecule has 1 amide bonds. The molecule has 0 saturated heterocycles. The van der Waals surface area contributed by atoms with E-state index in [9.17, 15) is 14.0 Å². The molecule has 4 aromatic rings. The minimum absolute atomic E-state index is 0.0241. The Morgan fingerprint density at radius 1 is 1.19 bits per heavy atom. The van der Waals surface area contributed by atoms with Gasteiger partial charge in [0.05, 0.1) is 21.8 Å². The van der Waals surface area contributed by atoms with Gasteiger partial charge in [0.15, 0.2) is 5.16 Å². The number of halogens is 2. The normalized spacial score (nSPS) is 12.0. The number of hydrogen-bond acceptors (Lipinski definition) is 5. The van der Waals surface area contributed by atoms with E-state index in [1.54, 1.807) is 43.5 Å². The molecule has 0 aliphatic carbocycles. The first-order valence-electron chi connectivity index (χ1n) is 9.71. The summed E-state index contributed by atoms with van der Waals surface area (Å²) in [5, 5.41) is 2.86. The molecule has 0 aliphatic heterocycles. The fourth-order valence-corrected chi connectivity index (χ4v) is 4.15. The number of nitrogens with one attached hydrogen (secondary N) is 1. The zero-order valence-corrected chi connectivity index (χ0v) is 18.7. The number of aryl methyl sites for hydroxylation is 1. The van der Waals surface area contributed by atoms with Crippen molar-refractivity contribution in [1.82, 2.24) is 14.5 Å². The third-order valence-electron chi connectivity index (χ3n) is 4.72. The highest BCUT2D eigenvalue weighted by Gasteiger charge is 2.21. The lowest BCUT2D eigenvalue weighted by Gasteiger charge is -2.16. The van der Waals surface area contributed by atoms with E-state index in [0.29, 0.717) is 21.9 Å². The van der Waals surface area contributed by atoms with Crippen LogP contribution in [0.4, 0.5) is 10.1 Å². The van der Waals surface area contributed by atoms with Crippen molar-refractivity contribution in [3.8, 4) is 5.82 Å². The molecule has 4 rings (SSSR count). The molecule has 0 radical (unpaired) electrons. The fraction of sp³-hybridized carbons (Fsp3) is 0.130. The number of fused-ring (bicyclic) bond motifs is 1. The monoisotopic (exact) mass is 468 g/mol. The Morgan fingerprint density at radius 3 is 2.72 bits per heavy atom. The summed E-state index contributed by atoms with van der Waals surface area (Å²) in [6.07, 6.45) is 1.61. The van der Waals surface area contributed by atoms with Crippen LogP contribution in [0.1, 0.15) is 12.5 Å². The van der Waals surface area contributed by atoms with Gasteiger partial charge in [0, 0.05) is 11.2 Å². The van der Waals surface area contributed by atoms with Gasteiger partial charge in [0.2, 0.25) is 5.91 Å². The Morgan fingerprint density at radius 2 is 1.97 bits per heavy atom. The van der Waals surface area contributed by atoms with Crippen LogP contribution in [-0.2, 0) is 4.79 Å². The van der Waals surface area contributed by atoms with Gasteiger partial charge in [0.1, 0.15) is 11.6 Å². The molecule has 1 N–H and O–H groups in total. The molecule has 0 bridgehead atoms. The number of nitrogens with zero attached hydrogens (tertiary/aromatic N) is 3. The molecule has 2 heterocycles. The summed E-state index contributed by atoms with van der Waals surface area (Å²) in [4.78, 5) is 35.0. The number of para-hydroxylation sites is 1. The second kappa shape index (κ2) is 9.10. The third kappa shape index (κ3) is 4.51. The van der Waals surface area contributed by atoms with Crippen molar-refractivity contribution in [1.29, 1.82) is 0 Å². The van der Waals surface area contributed by atoms with Crippen molar-refractivity contribution in [2.45, 2.75) is 24.3 Å². The molecular weight excluding hydrogens is 451 g/mol. The first-order chi connectivity index (χ1) is 15.3. The summed E-state index contributed by atoms with van der Waals surface area (Å²) < 4.78 is 15.5. The Balaban J connectivity index is 1.72. The van der Waals surface area contributed by atoms with Crippen molar-refractivity contribution < 1.29 is 9.18 Å². The quantitative estimate of drug-likeness (QED) is 0.329. The highest BCUT2D eigenvalue weighted by atomic mass is 35.5. The van der Waals surface area contributed by atoms with E-state index in [1.807, 2.05) is 13.0 Å². The van der Waals surface area contributed by atoms with Gasteiger partial charge in [-0.1, -0.05) is 35.5 Å². The van der Waals surface area contributed by atoms with Crippen LogP contribution in [0.3, 0.4) is 0 Å². The van der Waals surface area contributed by atoms with Gasteiger partial charge in [-0.15, -0.1) is 0 Å². The van der Waals surface area contributed by atoms with Crippen molar-refractivity contribution in [2.24, 2.45) is 0 Å². The average Bonchev–Trinajstić information content (AvgIpc) is 2.76. The number of aromatic nitrogens is 3. The van der Waals surface area contributed by atoms with Gasteiger partial charge < -0.3 is 5.32 Å². The Hall–Kier alpha value is -3.23. The molecule has 6 nitrogen and oxygen atoms in total. The molecule has 1 unspecified atom stereocenters. The molecule has 0 spiro atoms. The van der Waals surface area contributed by atoms with E-state index in [4.69, 9.17) is 11.6 Å². The molecule has 0 fully saturated rings. The Bertz CT molecular complexity index is 1390. The smallest absolute Gasteiger partial charge is 0.267 e. The Kier molecular flexibility index (Phi) is 6.25. The molecule has 162 valence electrons. The van der Waals surface area contributed by atoms with Crippen LogP contribution in [0.5, 0.6) is 0 Å². The maximum absolute atomic E-state index is 14.1. The van der Waals surface area contributed by atoms with E-state index in [1.165, 1.54) is 16.7 Å². The summed E-state index contributed by atoms with van der Waals surface area (Å²) >= 11 is 6.86. The molecule has 0 saturated carbocycles. The van der Waals surface area contributed by atoms with Gasteiger partial charge in [0.25, 0.3) is 5.56 Å². The largest absolute Gasteiger partial charge is 0.323 e. The predicted octanol–water partition coefficient (Wildman–Crippen LogP) is 5.00. The maximum Gasteiger partial charge on any atom is 0.267 e. The number of pyridine rings is 1. The maximum atomic E-state index is 14.1. The number of rotatable bonds is 5. The van der Waals surface area contributed by atoms with Gasteiger partial charge >= 0.3 is 0 Å². The van der Waals surface area contributed by atoms with Crippen LogP contribution in [0.25, 0.3) is 16.7 Å². The van der Waals surface area contributed by atoms with E-state index >= 15 is 0 Å². The molecule has 2 aromatic carbocycles. The standard InChI is InChI=1S/C23H18ClFN4O2S/c1-13-9-10-26-20(11-13)29-22(31)16-5-3-4-6-18(16)28-23(29)32-14(2)21(30)27-19-8-7-15(24)12-17(19)25/h3-12,14H,1-2H3,(H,27,30). The fourth-order valence-electron chi connectivity index (χ4n) is 3.07. The highest BCUT2D eigenvalue weighted by Crippen LogP contribution is 2.26. The lowest BCUT2D eigenvalue weighted by Crippen LogP contribution is -2.27. The molecule has 2 aromatic heterocycles. The first kappa shape index (κ1) is 22.0. The van der Waals surface area contributed by atoms with Crippen LogP contribution in [0.2, 0.25) is 5.02 Å². The minimum atomic E-state index is -0.686. The van der Waals surface area contributed by atoms with E-state index in [2.05, 4.69) is 15.3 Å². The molecule has 9 heteroatoms. The van der Waals surface area contributed by atoms with Crippen LogP contribution < -0.4 is 10.9 Å². The number of carbonyl (C=O) groups is 1. The van der Waals surface area contributed by atoms with Gasteiger partial charge in [-0.25, -0.2) is 18.9 Å². The number of thioether (sulfide) groups is 1. The van der Waals surface area contributed by atoms with E-state index in [-0.39, 0.29) is 16.3 Å². The zero-order valence-electron chi connectivity index (χ0n) is 17.2. The third-order valence-corrected chi connectivity index (χ3v) is 6.00. The van der Waals surface area contributed by atoms with Gasteiger partial charge in [-0.05, 0) is 61.9 Å². The summed E-state index contributed by atoms with van der Waals surface area (Å²) in [5.41, 5.74) is 1.18. The highest BCUT2D eigenvalue weighted by molar-refractivity contribution is 8.00. The van der Waals surface area contributed by atoms with Crippen molar-refractivity contribution >= 4 is 45.9 Å². The van der Waals surface area contributed by atoms with Crippen LogP contribution in [-0.4, -0.2) is 25.7 Å². The van der Waals surface area contributed by atoms with Gasteiger partial charge in [-0.3, -0.25) is 9.59 Å². The summed E-state index contributed by atoms with van der Waals surface area (Å²) in [6.45, 7) is 3.55. The predicted molar refractivity (Wildman–Crippen MR) is 125 cm³/mol. The van der Waals surface area contributed by atoms with Crippen molar-refractivity contribution in [3.05, 3.63) is 87.6 Å². The SMILES string of the molecule is Cc1ccnc(-n2c(SC(C)C(=O)Nc3ccc(Cl)cc3F)nc3ccccc3c2=O)c1. The molecule has 32 heavy (non-hydrogen) atoms. The summed E-state index contributed by atoms with van der Waals surface area (Å²) in [6, 6.07) is 14.6. The second-order valence-electron chi connectivity index (χ2n) is 7.12. The van der Waals surface area contributed by atoms with Crippen LogP contribution >= 0.6 is 23.4 Å². The van der Waals surface area contributed by atoms with Gasteiger partial charge in [-0.2, -0.15) is 0 Å². The Labute approximate surface area is 192 Å². The second-order valence-corrected chi connectivity index (χ2v) is 8.86. The number of amides is 1. The number of anilines is 1. The number of carbonyl (C=O) groups excluding carboxylic acids is 1. The summed E-state index contributed by atoms with van der Waals surface area (Å²) in [7, 11) is 0. The molecule has 1 atom stereocenters. The lowest BCUT2D eigenvalue weighted by molar-refractivity contribution is -0.115. The lowest BCUT2D eigenvalue weighted by atomic mass is 10.2. The number of benzene rings is 2. The zero-order chi connectivity index (χ0) is 22.8. The molecule has 0 aliphatic rings. The van der Waals surface area contributed by atoms with E-state index in [0.717, 1.165) is 23.4 Å². The average molecular weight is 469 g/mol. The topological polar surface area (TPSA) is 76.9 Å². The van der Waals surface area contributed by atoms with Crippen LogP contribution in [0.15, 0.2) is 70.7 Å². The van der Waals surface area contributed by atoms with Crippen LogP contribution in [0, 0.1) is 12.7 Å². The van der Waals surface area contributed by atoms with Crippen molar-refractivity contribution in [2.75, 3.05) is 5.32 Å². The number of hydrogen-bond donors (Lipinski definition) is 1. The van der Waals surface area contributed by atoms with E-state index < -0.39 is 17.0 Å². The first-order valence-corrected chi connectivity index (χ1v) is 11.0. The summed E-state index contributed by atoms with van der Waals surface area (Å²) in [5.74, 6) is -0.665. The molecular formula is C23H18ClFN4O2S.